The molecule has 1 unspecified atom stereocenters. The minimum Gasteiger partial charge on any atom is -0.487 e. The molecule has 0 bridgehead atoms. The summed E-state index contributed by atoms with van der Waals surface area (Å²) in [4.78, 5) is 27.1. The van der Waals surface area contributed by atoms with Crippen molar-refractivity contribution in [2.45, 2.75) is 31.9 Å². The highest BCUT2D eigenvalue weighted by atomic mass is 35.5. The average Bonchev–Trinajstić information content (AvgIpc) is 3.45. The molecule has 26 heavy (non-hydrogen) atoms. The molecule has 0 spiro atoms. The van der Waals surface area contributed by atoms with Crippen molar-refractivity contribution in [3.8, 4) is 5.75 Å². The Labute approximate surface area is 156 Å². The van der Waals surface area contributed by atoms with E-state index in [1.54, 1.807) is 47.4 Å². The number of carbonyl (C=O) groups is 2. The molecule has 1 atom stereocenters. The summed E-state index contributed by atoms with van der Waals surface area (Å²) in [6.07, 6.45) is 1.91. The van der Waals surface area contributed by atoms with Gasteiger partial charge in [-0.15, -0.1) is 0 Å². The van der Waals surface area contributed by atoms with E-state index in [-0.39, 0.29) is 24.0 Å². The fourth-order valence-electron chi connectivity index (χ4n) is 3.05. The fraction of sp³-hybridized carbons (Fsp3) is 0.300. The Morgan fingerprint density at radius 3 is 2.69 bits per heavy atom. The molecule has 1 aliphatic heterocycles. The molecule has 2 amide bonds. The number of benzene rings is 2. The summed E-state index contributed by atoms with van der Waals surface area (Å²) in [5.74, 6) is 0.315. The molecule has 6 heteroatoms. The van der Waals surface area contributed by atoms with Gasteiger partial charge in [0, 0.05) is 22.2 Å². The Morgan fingerprint density at radius 1 is 1.15 bits per heavy atom. The Hall–Kier alpha value is -2.53. The Kier molecular flexibility index (Phi) is 4.32. The number of ether oxygens (including phenoxy) is 1. The summed E-state index contributed by atoms with van der Waals surface area (Å²) in [6, 6.07) is 12.3. The van der Waals surface area contributed by atoms with Gasteiger partial charge in [0.1, 0.15) is 11.9 Å². The van der Waals surface area contributed by atoms with E-state index in [2.05, 4.69) is 5.32 Å². The minimum atomic E-state index is -0.176. The van der Waals surface area contributed by atoms with Crippen molar-refractivity contribution in [1.82, 2.24) is 5.32 Å². The molecule has 2 aromatic rings. The van der Waals surface area contributed by atoms with E-state index in [0.29, 0.717) is 34.1 Å². The molecule has 134 valence electrons. The zero-order valence-electron chi connectivity index (χ0n) is 14.4. The van der Waals surface area contributed by atoms with Gasteiger partial charge in [0.05, 0.1) is 12.2 Å². The standard InChI is InChI=1S/C20H19ClN2O3/c1-12-11-23(17-10-15(21)5-8-18(17)26-12)20(25)14-4-2-3-13(9-14)19(24)22-16-6-7-16/h2-5,8-10,12,16H,6-7,11H2,1H3,(H,22,24). The van der Waals surface area contributed by atoms with Crippen molar-refractivity contribution >= 4 is 29.1 Å². The SMILES string of the molecule is CC1CN(C(=O)c2cccc(C(=O)NC3CC3)c2)c2cc(Cl)ccc2O1. The highest BCUT2D eigenvalue weighted by Gasteiger charge is 2.29. The van der Waals surface area contributed by atoms with Crippen molar-refractivity contribution in [1.29, 1.82) is 0 Å². The van der Waals surface area contributed by atoms with Gasteiger partial charge in [-0.1, -0.05) is 17.7 Å². The van der Waals surface area contributed by atoms with Crippen LogP contribution < -0.4 is 15.0 Å². The van der Waals surface area contributed by atoms with Crippen molar-refractivity contribution < 1.29 is 14.3 Å². The molecule has 1 heterocycles. The lowest BCUT2D eigenvalue weighted by Gasteiger charge is -2.33. The van der Waals surface area contributed by atoms with Gasteiger partial charge in [-0.3, -0.25) is 9.59 Å². The maximum Gasteiger partial charge on any atom is 0.258 e. The molecule has 1 fully saturated rings. The largest absolute Gasteiger partial charge is 0.487 e. The van der Waals surface area contributed by atoms with Crippen molar-refractivity contribution in [3.63, 3.8) is 0 Å². The van der Waals surface area contributed by atoms with Crippen LogP contribution in [0.25, 0.3) is 0 Å². The first-order chi connectivity index (χ1) is 12.5. The van der Waals surface area contributed by atoms with Crippen LogP contribution in [0.1, 0.15) is 40.5 Å². The number of halogens is 1. The molecule has 4 rings (SSSR count). The summed E-state index contributed by atoms with van der Waals surface area (Å²) < 4.78 is 5.80. The van der Waals surface area contributed by atoms with Gasteiger partial charge in [0.2, 0.25) is 0 Å². The maximum atomic E-state index is 13.1. The van der Waals surface area contributed by atoms with Gasteiger partial charge in [-0.2, -0.15) is 0 Å². The van der Waals surface area contributed by atoms with E-state index in [0.717, 1.165) is 12.8 Å². The second-order valence-corrected chi connectivity index (χ2v) is 7.22. The van der Waals surface area contributed by atoms with Gasteiger partial charge < -0.3 is 15.0 Å². The molecule has 0 radical (unpaired) electrons. The van der Waals surface area contributed by atoms with E-state index < -0.39 is 0 Å². The molecule has 0 aromatic heterocycles. The first kappa shape index (κ1) is 16.9. The molecule has 1 saturated carbocycles. The number of hydrogen-bond acceptors (Lipinski definition) is 3. The molecular weight excluding hydrogens is 352 g/mol. The van der Waals surface area contributed by atoms with Gasteiger partial charge in [-0.25, -0.2) is 0 Å². The third-order valence-corrected chi connectivity index (χ3v) is 4.74. The van der Waals surface area contributed by atoms with Gasteiger partial charge >= 0.3 is 0 Å². The number of amides is 2. The molecule has 0 saturated heterocycles. The molecule has 5 nitrogen and oxygen atoms in total. The molecule has 1 aliphatic carbocycles. The summed E-state index contributed by atoms with van der Waals surface area (Å²) >= 11 is 6.10. The van der Waals surface area contributed by atoms with E-state index in [1.165, 1.54) is 0 Å². The summed E-state index contributed by atoms with van der Waals surface area (Å²) in [7, 11) is 0. The van der Waals surface area contributed by atoms with Crippen LogP contribution in [-0.4, -0.2) is 30.5 Å². The Balaban J connectivity index is 1.63. The lowest BCUT2D eigenvalue weighted by atomic mass is 10.1. The van der Waals surface area contributed by atoms with Gasteiger partial charge in [0.25, 0.3) is 11.8 Å². The number of anilines is 1. The monoisotopic (exact) mass is 370 g/mol. The third-order valence-electron chi connectivity index (χ3n) is 4.51. The van der Waals surface area contributed by atoms with Crippen LogP contribution in [0.15, 0.2) is 42.5 Å². The normalized spacial score (nSPS) is 18.7. The number of nitrogens with zero attached hydrogens (tertiary/aromatic N) is 1. The zero-order chi connectivity index (χ0) is 18.3. The quantitative estimate of drug-likeness (QED) is 0.897. The lowest BCUT2D eigenvalue weighted by molar-refractivity contribution is 0.0951. The van der Waals surface area contributed by atoms with Crippen LogP contribution in [0.3, 0.4) is 0 Å². The molecular formula is C20H19ClN2O3. The highest BCUT2D eigenvalue weighted by Crippen LogP contribution is 2.36. The predicted molar refractivity (Wildman–Crippen MR) is 100 cm³/mol. The number of rotatable bonds is 3. The number of nitrogens with one attached hydrogen (secondary N) is 1. The van der Waals surface area contributed by atoms with E-state index >= 15 is 0 Å². The fourth-order valence-corrected chi connectivity index (χ4v) is 3.21. The van der Waals surface area contributed by atoms with Crippen LogP contribution in [0.4, 0.5) is 5.69 Å². The smallest absolute Gasteiger partial charge is 0.258 e. The summed E-state index contributed by atoms with van der Waals surface area (Å²) in [6.45, 7) is 2.34. The van der Waals surface area contributed by atoms with E-state index in [4.69, 9.17) is 16.3 Å². The van der Waals surface area contributed by atoms with Crippen molar-refractivity contribution in [2.24, 2.45) is 0 Å². The van der Waals surface area contributed by atoms with Crippen molar-refractivity contribution in [3.05, 3.63) is 58.6 Å². The Morgan fingerprint density at radius 2 is 1.92 bits per heavy atom. The molecule has 2 aliphatic rings. The lowest BCUT2D eigenvalue weighted by Crippen LogP contribution is -2.42. The Bertz CT molecular complexity index is 879. The van der Waals surface area contributed by atoms with Crippen molar-refractivity contribution in [2.75, 3.05) is 11.4 Å². The highest BCUT2D eigenvalue weighted by molar-refractivity contribution is 6.31. The maximum absolute atomic E-state index is 13.1. The van der Waals surface area contributed by atoms with Crippen LogP contribution in [0, 0.1) is 0 Å². The average molecular weight is 371 g/mol. The van der Waals surface area contributed by atoms with E-state index in [1.807, 2.05) is 6.92 Å². The van der Waals surface area contributed by atoms with Crippen LogP contribution >= 0.6 is 11.6 Å². The topological polar surface area (TPSA) is 58.6 Å². The summed E-state index contributed by atoms with van der Waals surface area (Å²) in [5, 5.41) is 3.48. The second-order valence-electron chi connectivity index (χ2n) is 6.78. The van der Waals surface area contributed by atoms with Crippen LogP contribution in [-0.2, 0) is 0 Å². The predicted octanol–water partition coefficient (Wildman–Crippen LogP) is 3.66. The minimum absolute atomic E-state index is 0.131. The number of carbonyl (C=O) groups excluding carboxylic acids is 2. The number of fused-ring (bicyclic) bond motifs is 1. The van der Waals surface area contributed by atoms with Gasteiger partial charge in [-0.05, 0) is 56.2 Å². The van der Waals surface area contributed by atoms with Crippen LogP contribution in [0.5, 0.6) is 5.75 Å². The zero-order valence-corrected chi connectivity index (χ0v) is 15.1. The summed E-state index contributed by atoms with van der Waals surface area (Å²) in [5.41, 5.74) is 1.61. The first-order valence-corrected chi connectivity index (χ1v) is 9.08. The first-order valence-electron chi connectivity index (χ1n) is 8.70. The molecule has 2 aromatic carbocycles. The third kappa shape index (κ3) is 3.40. The van der Waals surface area contributed by atoms with Gasteiger partial charge in [0.15, 0.2) is 0 Å². The number of hydrogen-bond donors (Lipinski definition) is 1. The molecule has 1 N–H and O–H groups in total. The van der Waals surface area contributed by atoms with E-state index in [9.17, 15) is 9.59 Å². The second kappa shape index (κ2) is 6.65. The van der Waals surface area contributed by atoms with Crippen LogP contribution in [0.2, 0.25) is 5.02 Å².